The minimum absolute atomic E-state index is 0.0240. The summed E-state index contributed by atoms with van der Waals surface area (Å²) in [6, 6.07) is 8.07. The molecular weight excluding hydrogens is 244 g/mol. The summed E-state index contributed by atoms with van der Waals surface area (Å²) in [5.74, 6) is 0. The maximum atomic E-state index is 9.93. The quantitative estimate of drug-likeness (QED) is 0.888. The third-order valence-corrected chi connectivity index (χ3v) is 3.81. The highest BCUT2D eigenvalue weighted by Gasteiger charge is 2.21. The largest absolute Gasteiger partial charge is 0.388 e. The van der Waals surface area contributed by atoms with Crippen LogP contribution >= 0.6 is 11.3 Å². The zero-order valence-electron chi connectivity index (χ0n) is 10.8. The number of hydrogen-bond acceptors (Lipinski definition) is 4. The van der Waals surface area contributed by atoms with Crippen LogP contribution in [0.1, 0.15) is 20.8 Å². The Morgan fingerprint density at radius 2 is 2.17 bits per heavy atom. The van der Waals surface area contributed by atoms with E-state index in [0.717, 1.165) is 16.3 Å². The van der Waals surface area contributed by atoms with Crippen LogP contribution < -0.4 is 5.32 Å². The molecule has 0 spiro atoms. The van der Waals surface area contributed by atoms with E-state index in [9.17, 15) is 5.11 Å². The van der Waals surface area contributed by atoms with Crippen LogP contribution in [0.2, 0.25) is 0 Å². The lowest BCUT2D eigenvalue weighted by Gasteiger charge is -2.27. The average molecular weight is 262 g/mol. The average Bonchev–Trinajstić information content (AvgIpc) is 2.81. The predicted octanol–water partition coefficient (Wildman–Crippen LogP) is 3.38. The highest BCUT2D eigenvalue weighted by molar-refractivity contribution is 7.13. The minimum Gasteiger partial charge on any atom is -0.388 e. The Balaban J connectivity index is 2.18. The Morgan fingerprint density at radius 1 is 1.39 bits per heavy atom. The highest BCUT2D eigenvalue weighted by Crippen LogP contribution is 2.25. The third-order valence-electron chi connectivity index (χ3n) is 2.98. The van der Waals surface area contributed by atoms with Gasteiger partial charge in [0.2, 0.25) is 0 Å². The van der Waals surface area contributed by atoms with Crippen molar-refractivity contribution >= 4 is 17.0 Å². The fourth-order valence-corrected chi connectivity index (χ4v) is 2.17. The number of benzene rings is 1. The van der Waals surface area contributed by atoms with Gasteiger partial charge in [0.25, 0.3) is 0 Å². The second-order valence-electron chi connectivity index (χ2n) is 4.94. The van der Waals surface area contributed by atoms with Crippen molar-refractivity contribution in [3.05, 3.63) is 35.8 Å². The van der Waals surface area contributed by atoms with Gasteiger partial charge in [-0.2, -0.15) is 0 Å². The molecule has 3 nitrogen and oxygen atoms in total. The molecule has 1 aromatic heterocycles. The van der Waals surface area contributed by atoms with E-state index in [-0.39, 0.29) is 6.04 Å². The first kappa shape index (κ1) is 13.1. The van der Waals surface area contributed by atoms with Gasteiger partial charge < -0.3 is 10.4 Å². The van der Waals surface area contributed by atoms with Crippen molar-refractivity contribution in [1.29, 1.82) is 0 Å². The van der Waals surface area contributed by atoms with Gasteiger partial charge in [0.1, 0.15) is 5.01 Å². The Kier molecular flexibility index (Phi) is 3.68. The molecule has 0 saturated heterocycles. The summed E-state index contributed by atoms with van der Waals surface area (Å²) in [6.45, 7) is 5.57. The van der Waals surface area contributed by atoms with Gasteiger partial charge in [-0.05, 0) is 32.9 Å². The molecule has 4 heteroatoms. The number of nitrogens with zero attached hydrogens (tertiary/aromatic N) is 1. The number of nitrogens with one attached hydrogen (secondary N) is 1. The van der Waals surface area contributed by atoms with Crippen molar-refractivity contribution < 1.29 is 5.11 Å². The summed E-state index contributed by atoms with van der Waals surface area (Å²) in [4.78, 5) is 4.30. The molecule has 0 aliphatic heterocycles. The lowest BCUT2D eigenvalue weighted by atomic mass is 10.0. The van der Waals surface area contributed by atoms with Crippen molar-refractivity contribution in [1.82, 2.24) is 4.98 Å². The maximum absolute atomic E-state index is 9.93. The maximum Gasteiger partial charge on any atom is 0.123 e. The van der Waals surface area contributed by atoms with E-state index in [1.165, 1.54) is 0 Å². The monoisotopic (exact) mass is 262 g/mol. The molecule has 0 radical (unpaired) electrons. The van der Waals surface area contributed by atoms with Crippen LogP contribution in [0.25, 0.3) is 10.6 Å². The number of anilines is 1. The van der Waals surface area contributed by atoms with E-state index < -0.39 is 5.60 Å². The highest BCUT2D eigenvalue weighted by atomic mass is 32.1. The number of rotatable bonds is 4. The van der Waals surface area contributed by atoms with Gasteiger partial charge in [0, 0.05) is 22.8 Å². The first-order valence-corrected chi connectivity index (χ1v) is 6.83. The van der Waals surface area contributed by atoms with Crippen molar-refractivity contribution in [2.24, 2.45) is 0 Å². The van der Waals surface area contributed by atoms with E-state index in [0.29, 0.717) is 0 Å². The molecule has 0 aliphatic rings. The van der Waals surface area contributed by atoms with Gasteiger partial charge in [0.05, 0.1) is 11.6 Å². The van der Waals surface area contributed by atoms with Crippen LogP contribution in [0.3, 0.4) is 0 Å². The topological polar surface area (TPSA) is 45.2 Å². The van der Waals surface area contributed by atoms with Crippen molar-refractivity contribution in [3.63, 3.8) is 0 Å². The van der Waals surface area contributed by atoms with E-state index in [2.05, 4.69) is 16.4 Å². The molecule has 1 unspecified atom stereocenters. The molecule has 1 heterocycles. The van der Waals surface area contributed by atoms with Crippen LogP contribution in [0.5, 0.6) is 0 Å². The lowest BCUT2D eigenvalue weighted by Crippen LogP contribution is -2.39. The molecule has 0 aliphatic carbocycles. The molecule has 1 aromatic carbocycles. The van der Waals surface area contributed by atoms with Crippen molar-refractivity contribution in [3.8, 4) is 10.6 Å². The SMILES string of the molecule is CC(Nc1cccc(-c2nccs2)c1)C(C)(C)O. The number of aromatic nitrogens is 1. The van der Waals surface area contributed by atoms with Gasteiger partial charge in [-0.25, -0.2) is 4.98 Å². The first-order valence-electron chi connectivity index (χ1n) is 5.95. The predicted molar refractivity (Wildman–Crippen MR) is 76.9 cm³/mol. The summed E-state index contributed by atoms with van der Waals surface area (Å²) in [7, 11) is 0. The van der Waals surface area contributed by atoms with Gasteiger partial charge in [-0.15, -0.1) is 11.3 Å². The minimum atomic E-state index is -0.753. The molecule has 2 N–H and O–H groups in total. The van der Waals surface area contributed by atoms with Crippen LogP contribution in [-0.2, 0) is 0 Å². The zero-order chi connectivity index (χ0) is 13.2. The first-order chi connectivity index (χ1) is 8.47. The third kappa shape index (κ3) is 3.09. The van der Waals surface area contributed by atoms with Gasteiger partial charge in [0.15, 0.2) is 0 Å². The lowest BCUT2D eigenvalue weighted by molar-refractivity contribution is 0.0649. The normalized spacial score (nSPS) is 13.3. The van der Waals surface area contributed by atoms with Crippen LogP contribution in [0.4, 0.5) is 5.69 Å². The summed E-state index contributed by atoms with van der Waals surface area (Å²) in [5.41, 5.74) is 1.34. The van der Waals surface area contributed by atoms with Gasteiger partial charge in [-0.3, -0.25) is 0 Å². The molecule has 1 atom stereocenters. The smallest absolute Gasteiger partial charge is 0.123 e. The molecule has 0 saturated carbocycles. The molecule has 0 fully saturated rings. The van der Waals surface area contributed by atoms with E-state index in [4.69, 9.17) is 0 Å². The van der Waals surface area contributed by atoms with E-state index >= 15 is 0 Å². The van der Waals surface area contributed by atoms with Crippen molar-refractivity contribution in [2.45, 2.75) is 32.4 Å². The fraction of sp³-hybridized carbons (Fsp3) is 0.357. The Hall–Kier alpha value is -1.39. The molecule has 2 rings (SSSR count). The summed E-state index contributed by atoms with van der Waals surface area (Å²) < 4.78 is 0. The van der Waals surface area contributed by atoms with Crippen LogP contribution in [-0.4, -0.2) is 21.7 Å². The number of hydrogen-bond donors (Lipinski definition) is 2. The second kappa shape index (κ2) is 5.08. The number of thiazole rings is 1. The Morgan fingerprint density at radius 3 is 2.78 bits per heavy atom. The van der Waals surface area contributed by atoms with Gasteiger partial charge >= 0.3 is 0 Å². The van der Waals surface area contributed by atoms with Crippen LogP contribution in [0, 0.1) is 0 Å². The Bertz CT molecular complexity index is 503. The molecule has 18 heavy (non-hydrogen) atoms. The van der Waals surface area contributed by atoms with Crippen molar-refractivity contribution in [2.75, 3.05) is 5.32 Å². The summed E-state index contributed by atoms with van der Waals surface area (Å²) >= 11 is 1.62. The fourth-order valence-electron chi connectivity index (χ4n) is 1.53. The zero-order valence-corrected chi connectivity index (χ0v) is 11.7. The standard InChI is InChI=1S/C14H18N2OS/c1-10(14(2,3)17)16-12-6-4-5-11(9-12)13-15-7-8-18-13/h4-10,16-17H,1-3H3. The van der Waals surface area contributed by atoms with Gasteiger partial charge in [-0.1, -0.05) is 12.1 Å². The van der Waals surface area contributed by atoms with E-state index in [1.807, 2.05) is 30.5 Å². The Labute approximate surface area is 112 Å². The molecule has 2 aromatic rings. The molecule has 96 valence electrons. The number of aliphatic hydroxyl groups is 1. The summed E-state index contributed by atoms with van der Waals surface area (Å²) in [5, 5.41) is 16.2. The molecular formula is C14H18N2OS. The molecule has 0 bridgehead atoms. The van der Waals surface area contributed by atoms with E-state index in [1.54, 1.807) is 31.4 Å². The molecule has 0 amide bonds. The summed E-state index contributed by atoms with van der Waals surface area (Å²) in [6.07, 6.45) is 1.81. The second-order valence-corrected chi connectivity index (χ2v) is 5.83. The van der Waals surface area contributed by atoms with Crippen LogP contribution in [0.15, 0.2) is 35.8 Å².